The minimum atomic E-state index is -0.139. The van der Waals surface area contributed by atoms with Gasteiger partial charge in [0.1, 0.15) is 0 Å². The van der Waals surface area contributed by atoms with E-state index in [0.717, 1.165) is 23.5 Å². The van der Waals surface area contributed by atoms with Gasteiger partial charge in [-0.2, -0.15) is 16.8 Å². The molecule has 0 radical (unpaired) electrons. The summed E-state index contributed by atoms with van der Waals surface area (Å²) in [5.74, 6) is 0.882. The molecule has 102 valence electrons. The molecule has 0 saturated carbocycles. The average Bonchev–Trinajstić information content (AvgIpc) is 2.71. The Hall–Kier alpha value is -1.07. The van der Waals surface area contributed by atoms with Crippen molar-refractivity contribution in [1.82, 2.24) is 4.57 Å². The summed E-state index contributed by atoms with van der Waals surface area (Å²) < 4.78 is 3.36. The summed E-state index contributed by atoms with van der Waals surface area (Å²) in [6, 6.07) is 6.50. The van der Waals surface area contributed by atoms with Crippen LogP contribution >= 0.6 is 23.1 Å². The maximum atomic E-state index is 11.3. The molecule has 1 aromatic heterocycles. The zero-order valence-electron chi connectivity index (χ0n) is 11.5. The van der Waals surface area contributed by atoms with E-state index in [1.54, 1.807) is 23.1 Å². The molecule has 0 fully saturated rings. The first-order chi connectivity index (χ1) is 9.15. The van der Waals surface area contributed by atoms with Gasteiger partial charge in [-0.05, 0) is 30.4 Å². The van der Waals surface area contributed by atoms with Crippen LogP contribution in [0.5, 0.6) is 0 Å². The first kappa shape index (κ1) is 14.3. The van der Waals surface area contributed by atoms with Crippen LogP contribution in [0.4, 0.5) is 0 Å². The molecule has 0 aliphatic carbocycles. The largest absolute Gasteiger partial charge is 0.316 e. The third kappa shape index (κ3) is 3.28. The summed E-state index contributed by atoms with van der Waals surface area (Å²) in [6.45, 7) is 4.54. The minimum Gasteiger partial charge on any atom is -0.316 e. The second-order valence-electron chi connectivity index (χ2n) is 4.32. The number of aryl methyl sites for hydroxylation is 2. The van der Waals surface area contributed by atoms with E-state index in [-0.39, 0.29) is 5.91 Å². The van der Waals surface area contributed by atoms with Crippen molar-refractivity contribution in [3.05, 3.63) is 28.6 Å². The van der Waals surface area contributed by atoms with Crippen LogP contribution in [-0.4, -0.2) is 22.5 Å². The Morgan fingerprint density at radius 1 is 1.47 bits per heavy atom. The van der Waals surface area contributed by atoms with Crippen LogP contribution in [0, 0.1) is 0 Å². The van der Waals surface area contributed by atoms with Gasteiger partial charge in [0.05, 0.1) is 10.2 Å². The Kier molecular flexibility index (Phi) is 4.82. The van der Waals surface area contributed by atoms with Gasteiger partial charge in [-0.3, -0.25) is 4.79 Å². The van der Waals surface area contributed by atoms with E-state index in [0.29, 0.717) is 0 Å². The highest BCUT2D eigenvalue weighted by Gasteiger charge is 2.07. The van der Waals surface area contributed by atoms with E-state index in [9.17, 15) is 4.79 Å². The number of rotatable bonds is 4. The quantitative estimate of drug-likeness (QED) is 0.868. The molecule has 2 aromatic rings. The van der Waals surface area contributed by atoms with Gasteiger partial charge >= 0.3 is 0 Å². The normalized spacial score (nSPS) is 12.3. The highest BCUT2D eigenvalue weighted by Crippen LogP contribution is 2.20. The molecule has 0 unspecified atom stereocenters. The fourth-order valence-corrected chi connectivity index (χ4v) is 3.49. The van der Waals surface area contributed by atoms with Crippen molar-refractivity contribution in [1.29, 1.82) is 0 Å². The number of carbonyl (C=O) groups excluding carboxylic acids is 1. The highest BCUT2D eigenvalue weighted by molar-refractivity contribution is 7.98. The fourth-order valence-electron chi connectivity index (χ4n) is 1.96. The van der Waals surface area contributed by atoms with Crippen molar-refractivity contribution in [2.24, 2.45) is 4.99 Å². The van der Waals surface area contributed by atoms with Gasteiger partial charge in [0, 0.05) is 19.2 Å². The average molecular weight is 294 g/mol. The second kappa shape index (κ2) is 6.39. The molecule has 0 N–H and O–H groups in total. The third-order valence-corrected chi connectivity index (χ3v) is 4.56. The SMILES string of the molecule is CCc1ccc2c(c1)sc(=NC(C)=O)n2CCSC. The number of thiazole rings is 1. The van der Waals surface area contributed by atoms with E-state index in [2.05, 4.69) is 40.9 Å². The molecule has 0 saturated heterocycles. The number of thioether (sulfide) groups is 1. The molecule has 0 bridgehead atoms. The van der Waals surface area contributed by atoms with Gasteiger partial charge < -0.3 is 4.57 Å². The molecule has 0 spiro atoms. The Balaban J connectivity index is 2.61. The molecule has 19 heavy (non-hydrogen) atoms. The Labute approximate surface area is 121 Å². The van der Waals surface area contributed by atoms with Gasteiger partial charge in [0.25, 0.3) is 0 Å². The maximum absolute atomic E-state index is 11.3. The smallest absolute Gasteiger partial charge is 0.245 e. The van der Waals surface area contributed by atoms with Crippen molar-refractivity contribution in [2.45, 2.75) is 26.8 Å². The lowest BCUT2D eigenvalue weighted by atomic mass is 10.2. The molecule has 0 aliphatic rings. The van der Waals surface area contributed by atoms with Crippen molar-refractivity contribution in [2.75, 3.05) is 12.0 Å². The predicted molar refractivity (Wildman–Crippen MR) is 83.8 cm³/mol. The van der Waals surface area contributed by atoms with Gasteiger partial charge in [0.15, 0.2) is 4.80 Å². The highest BCUT2D eigenvalue weighted by atomic mass is 32.2. The number of amides is 1. The van der Waals surface area contributed by atoms with Crippen LogP contribution in [-0.2, 0) is 17.8 Å². The summed E-state index contributed by atoms with van der Waals surface area (Å²) in [6.07, 6.45) is 3.12. The second-order valence-corrected chi connectivity index (χ2v) is 6.31. The van der Waals surface area contributed by atoms with E-state index in [1.165, 1.54) is 22.7 Å². The zero-order chi connectivity index (χ0) is 13.8. The predicted octanol–water partition coefficient (Wildman–Crippen LogP) is 3.08. The van der Waals surface area contributed by atoms with E-state index < -0.39 is 0 Å². The standard InChI is InChI=1S/C14H18N2OS2/c1-4-11-5-6-12-13(9-11)19-14(15-10(2)17)16(12)7-8-18-3/h5-6,9H,4,7-8H2,1-3H3. The van der Waals surface area contributed by atoms with E-state index in [1.807, 2.05) is 0 Å². The number of hydrogen-bond acceptors (Lipinski definition) is 3. The number of carbonyl (C=O) groups is 1. The first-order valence-electron chi connectivity index (χ1n) is 6.32. The van der Waals surface area contributed by atoms with Crippen molar-refractivity contribution < 1.29 is 4.79 Å². The Morgan fingerprint density at radius 2 is 2.26 bits per heavy atom. The number of aromatic nitrogens is 1. The van der Waals surface area contributed by atoms with Gasteiger partial charge in [-0.25, -0.2) is 0 Å². The van der Waals surface area contributed by atoms with Crippen LogP contribution in [0.1, 0.15) is 19.4 Å². The van der Waals surface area contributed by atoms with Crippen LogP contribution < -0.4 is 4.80 Å². The van der Waals surface area contributed by atoms with E-state index >= 15 is 0 Å². The first-order valence-corrected chi connectivity index (χ1v) is 8.53. The lowest BCUT2D eigenvalue weighted by molar-refractivity contribution is -0.116. The minimum absolute atomic E-state index is 0.139. The lowest BCUT2D eigenvalue weighted by Gasteiger charge is -2.04. The topological polar surface area (TPSA) is 34.4 Å². The zero-order valence-corrected chi connectivity index (χ0v) is 13.1. The van der Waals surface area contributed by atoms with Gasteiger partial charge in [-0.15, -0.1) is 0 Å². The fraction of sp³-hybridized carbons (Fsp3) is 0.429. The van der Waals surface area contributed by atoms with Crippen LogP contribution in [0.3, 0.4) is 0 Å². The Bertz CT molecular complexity index is 655. The number of nitrogens with zero attached hydrogens (tertiary/aromatic N) is 2. The van der Waals surface area contributed by atoms with Crippen LogP contribution in [0.15, 0.2) is 23.2 Å². The molecule has 1 aromatic carbocycles. The van der Waals surface area contributed by atoms with Crippen molar-refractivity contribution >= 4 is 39.2 Å². The molecule has 0 aliphatic heterocycles. The lowest BCUT2D eigenvalue weighted by Crippen LogP contribution is -2.17. The molecule has 0 atom stereocenters. The molecule has 5 heteroatoms. The van der Waals surface area contributed by atoms with Crippen molar-refractivity contribution in [3.8, 4) is 0 Å². The summed E-state index contributed by atoms with van der Waals surface area (Å²) >= 11 is 3.40. The van der Waals surface area contributed by atoms with Gasteiger partial charge in [-0.1, -0.05) is 24.3 Å². The Morgan fingerprint density at radius 3 is 2.89 bits per heavy atom. The molecular formula is C14H18N2OS2. The van der Waals surface area contributed by atoms with Crippen LogP contribution in [0.25, 0.3) is 10.2 Å². The molecule has 1 amide bonds. The molecule has 2 rings (SSSR count). The number of fused-ring (bicyclic) bond motifs is 1. The van der Waals surface area contributed by atoms with Crippen LogP contribution in [0.2, 0.25) is 0 Å². The molecular weight excluding hydrogens is 276 g/mol. The third-order valence-electron chi connectivity index (χ3n) is 2.93. The summed E-state index contributed by atoms with van der Waals surface area (Å²) in [5.41, 5.74) is 2.50. The molecule has 3 nitrogen and oxygen atoms in total. The summed E-state index contributed by atoms with van der Waals surface area (Å²) in [7, 11) is 0. The summed E-state index contributed by atoms with van der Waals surface area (Å²) in [4.78, 5) is 16.2. The number of hydrogen-bond donors (Lipinski definition) is 0. The van der Waals surface area contributed by atoms with E-state index in [4.69, 9.17) is 0 Å². The monoisotopic (exact) mass is 294 g/mol. The summed E-state index contributed by atoms with van der Waals surface area (Å²) in [5, 5.41) is 0. The van der Waals surface area contributed by atoms with Crippen molar-refractivity contribution in [3.63, 3.8) is 0 Å². The maximum Gasteiger partial charge on any atom is 0.245 e. The van der Waals surface area contributed by atoms with Gasteiger partial charge in [0.2, 0.25) is 5.91 Å². The molecule has 1 heterocycles. The number of benzene rings is 1.